The Bertz CT molecular complexity index is 499. The lowest BCUT2D eigenvalue weighted by Gasteiger charge is -2.18. The molecule has 0 atom stereocenters. The maximum atomic E-state index is 14.2. The third-order valence-corrected chi connectivity index (χ3v) is 2.65. The number of hydrogen-bond donors (Lipinski definition) is 1. The predicted octanol–water partition coefficient (Wildman–Crippen LogP) is 2.17. The number of furan rings is 1. The second-order valence-corrected chi connectivity index (χ2v) is 4.07. The Kier molecular flexibility index (Phi) is 3.94. The first-order chi connectivity index (χ1) is 8.72. The molecule has 0 fully saturated rings. The SMILES string of the molecule is CNCc1ccnc(N(C)Cc2ccco2)c1F. The average molecular weight is 249 g/mol. The Morgan fingerprint density at radius 3 is 2.94 bits per heavy atom. The maximum absolute atomic E-state index is 14.2. The van der Waals surface area contributed by atoms with Gasteiger partial charge in [0.05, 0.1) is 12.8 Å². The number of halogens is 1. The lowest BCUT2D eigenvalue weighted by molar-refractivity contribution is 0.503. The molecule has 0 amide bonds. The Labute approximate surface area is 105 Å². The van der Waals surface area contributed by atoms with E-state index >= 15 is 0 Å². The fourth-order valence-corrected chi connectivity index (χ4v) is 1.78. The third-order valence-electron chi connectivity index (χ3n) is 2.65. The van der Waals surface area contributed by atoms with Gasteiger partial charge in [-0.3, -0.25) is 0 Å². The van der Waals surface area contributed by atoms with Gasteiger partial charge in [0.25, 0.3) is 0 Å². The molecule has 0 bridgehead atoms. The molecule has 0 saturated heterocycles. The van der Waals surface area contributed by atoms with Crippen LogP contribution >= 0.6 is 0 Å². The normalized spacial score (nSPS) is 10.6. The van der Waals surface area contributed by atoms with E-state index in [1.54, 1.807) is 37.5 Å². The molecule has 0 aromatic carbocycles. The Balaban J connectivity index is 2.19. The van der Waals surface area contributed by atoms with Crippen molar-refractivity contribution in [2.45, 2.75) is 13.1 Å². The quantitative estimate of drug-likeness (QED) is 0.881. The maximum Gasteiger partial charge on any atom is 0.170 e. The van der Waals surface area contributed by atoms with Crippen molar-refractivity contribution < 1.29 is 8.81 Å². The minimum Gasteiger partial charge on any atom is -0.467 e. The molecular weight excluding hydrogens is 233 g/mol. The lowest BCUT2D eigenvalue weighted by Crippen LogP contribution is -2.20. The molecule has 5 heteroatoms. The van der Waals surface area contributed by atoms with E-state index in [-0.39, 0.29) is 5.82 Å². The number of rotatable bonds is 5. The molecule has 96 valence electrons. The van der Waals surface area contributed by atoms with Gasteiger partial charge in [0.15, 0.2) is 11.6 Å². The first kappa shape index (κ1) is 12.6. The highest BCUT2D eigenvalue weighted by atomic mass is 19.1. The van der Waals surface area contributed by atoms with Crippen molar-refractivity contribution in [1.82, 2.24) is 10.3 Å². The van der Waals surface area contributed by atoms with E-state index in [1.807, 2.05) is 12.1 Å². The molecule has 0 saturated carbocycles. The van der Waals surface area contributed by atoms with E-state index in [0.717, 1.165) is 5.76 Å². The number of anilines is 1. The molecule has 2 rings (SSSR count). The molecule has 0 aliphatic carbocycles. The van der Waals surface area contributed by atoms with Crippen molar-refractivity contribution in [3.8, 4) is 0 Å². The minimum atomic E-state index is -0.291. The van der Waals surface area contributed by atoms with Gasteiger partial charge < -0.3 is 14.6 Å². The number of nitrogens with zero attached hydrogens (tertiary/aromatic N) is 2. The summed E-state index contributed by atoms with van der Waals surface area (Å²) < 4.78 is 19.4. The number of pyridine rings is 1. The molecule has 0 unspecified atom stereocenters. The van der Waals surface area contributed by atoms with E-state index in [0.29, 0.717) is 24.5 Å². The summed E-state index contributed by atoms with van der Waals surface area (Å²) in [4.78, 5) is 5.81. The van der Waals surface area contributed by atoms with Crippen molar-refractivity contribution in [3.05, 3.63) is 47.8 Å². The van der Waals surface area contributed by atoms with Crippen LogP contribution in [0.25, 0.3) is 0 Å². The monoisotopic (exact) mass is 249 g/mol. The second kappa shape index (κ2) is 5.64. The molecule has 0 aliphatic heterocycles. The van der Waals surface area contributed by atoms with Crippen LogP contribution in [-0.2, 0) is 13.1 Å². The van der Waals surface area contributed by atoms with Gasteiger partial charge in [0, 0.05) is 25.4 Å². The summed E-state index contributed by atoms with van der Waals surface area (Å²) in [6.07, 6.45) is 3.22. The number of aromatic nitrogens is 1. The zero-order chi connectivity index (χ0) is 13.0. The van der Waals surface area contributed by atoms with E-state index in [2.05, 4.69) is 10.3 Å². The summed E-state index contributed by atoms with van der Waals surface area (Å²) in [5.41, 5.74) is 0.605. The zero-order valence-electron chi connectivity index (χ0n) is 10.5. The van der Waals surface area contributed by atoms with Gasteiger partial charge in [0.2, 0.25) is 0 Å². The van der Waals surface area contributed by atoms with Gasteiger partial charge in [-0.15, -0.1) is 0 Å². The van der Waals surface area contributed by atoms with Crippen LogP contribution in [0.2, 0.25) is 0 Å². The fraction of sp³-hybridized carbons (Fsp3) is 0.308. The smallest absolute Gasteiger partial charge is 0.170 e. The van der Waals surface area contributed by atoms with Crippen LogP contribution in [0.5, 0.6) is 0 Å². The number of nitrogens with one attached hydrogen (secondary N) is 1. The molecule has 1 N–H and O–H groups in total. The Hall–Kier alpha value is -1.88. The van der Waals surface area contributed by atoms with Crippen LogP contribution in [0.15, 0.2) is 35.1 Å². The predicted molar refractivity (Wildman–Crippen MR) is 67.8 cm³/mol. The van der Waals surface area contributed by atoms with Crippen LogP contribution in [0.1, 0.15) is 11.3 Å². The van der Waals surface area contributed by atoms with Gasteiger partial charge in [-0.25, -0.2) is 9.37 Å². The van der Waals surface area contributed by atoms with Crippen molar-refractivity contribution in [3.63, 3.8) is 0 Å². The molecule has 2 aromatic rings. The van der Waals surface area contributed by atoms with Gasteiger partial charge in [0.1, 0.15) is 5.76 Å². The summed E-state index contributed by atoms with van der Waals surface area (Å²) in [6, 6.07) is 5.34. The molecule has 18 heavy (non-hydrogen) atoms. The van der Waals surface area contributed by atoms with E-state index < -0.39 is 0 Å². The molecular formula is C13H16FN3O. The van der Waals surface area contributed by atoms with E-state index in [4.69, 9.17) is 4.42 Å². The number of hydrogen-bond acceptors (Lipinski definition) is 4. The topological polar surface area (TPSA) is 41.3 Å². The largest absolute Gasteiger partial charge is 0.467 e. The Morgan fingerprint density at radius 1 is 1.44 bits per heavy atom. The molecule has 4 nitrogen and oxygen atoms in total. The first-order valence-corrected chi connectivity index (χ1v) is 5.74. The van der Waals surface area contributed by atoms with Crippen molar-refractivity contribution in [1.29, 1.82) is 0 Å². The van der Waals surface area contributed by atoms with E-state index in [9.17, 15) is 4.39 Å². The molecule has 0 aliphatic rings. The highest BCUT2D eigenvalue weighted by Gasteiger charge is 2.13. The summed E-state index contributed by atoms with van der Waals surface area (Å²) in [5, 5.41) is 2.93. The van der Waals surface area contributed by atoms with Gasteiger partial charge >= 0.3 is 0 Å². The zero-order valence-corrected chi connectivity index (χ0v) is 10.5. The van der Waals surface area contributed by atoms with Crippen LogP contribution in [0.3, 0.4) is 0 Å². The van der Waals surface area contributed by atoms with Crippen LogP contribution < -0.4 is 10.2 Å². The van der Waals surface area contributed by atoms with Crippen LogP contribution in [0, 0.1) is 5.82 Å². The molecule has 2 heterocycles. The molecule has 0 radical (unpaired) electrons. The minimum absolute atomic E-state index is 0.291. The Morgan fingerprint density at radius 2 is 2.28 bits per heavy atom. The standard InChI is InChI=1S/C13H16FN3O/c1-15-8-10-5-6-16-13(12(10)14)17(2)9-11-4-3-7-18-11/h3-7,15H,8-9H2,1-2H3. The highest BCUT2D eigenvalue weighted by Crippen LogP contribution is 2.20. The molecule has 2 aromatic heterocycles. The fourth-order valence-electron chi connectivity index (χ4n) is 1.78. The molecule has 0 spiro atoms. The average Bonchev–Trinajstić information content (AvgIpc) is 2.85. The van der Waals surface area contributed by atoms with Crippen molar-refractivity contribution >= 4 is 5.82 Å². The van der Waals surface area contributed by atoms with Crippen molar-refractivity contribution in [2.75, 3.05) is 19.0 Å². The summed E-state index contributed by atoms with van der Waals surface area (Å²) in [5.74, 6) is 0.817. The van der Waals surface area contributed by atoms with Crippen LogP contribution in [0.4, 0.5) is 10.2 Å². The summed E-state index contributed by atoms with van der Waals surface area (Å²) in [7, 11) is 3.57. The van der Waals surface area contributed by atoms with Gasteiger partial charge in [-0.1, -0.05) is 0 Å². The lowest BCUT2D eigenvalue weighted by atomic mass is 10.2. The summed E-state index contributed by atoms with van der Waals surface area (Å²) >= 11 is 0. The second-order valence-electron chi connectivity index (χ2n) is 4.07. The highest BCUT2D eigenvalue weighted by molar-refractivity contribution is 5.42. The van der Waals surface area contributed by atoms with Gasteiger partial charge in [-0.05, 0) is 25.2 Å². The third kappa shape index (κ3) is 2.68. The van der Waals surface area contributed by atoms with Crippen LogP contribution in [-0.4, -0.2) is 19.1 Å². The van der Waals surface area contributed by atoms with Crippen molar-refractivity contribution in [2.24, 2.45) is 0 Å². The van der Waals surface area contributed by atoms with E-state index in [1.165, 1.54) is 0 Å². The summed E-state index contributed by atoms with van der Waals surface area (Å²) in [6.45, 7) is 0.968. The van der Waals surface area contributed by atoms with Gasteiger partial charge in [-0.2, -0.15) is 0 Å². The first-order valence-electron chi connectivity index (χ1n) is 5.74.